The van der Waals surface area contributed by atoms with Gasteiger partial charge in [-0.3, -0.25) is 0 Å². The Balaban J connectivity index is 1.75. The second-order valence-corrected chi connectivity index (χ2v) is 8.15. The van der Waals surface area contributed by atoms with E-state index in [9.17, 15) is 0 Å². The molecule has 1 aliphatic rings. The van der Waals surface area contributed by atoms with Gasteiger partial charge < -0.3 is 5.73 Å². The summed E-state index contributed by atoms with van der Waals surface area (Å²) in [5.74, 6) is 0. The van der Waals surface area contributed by atoms with Gasteiger partial charge in [0, 0.05) is 28.7 Å². The van der Waals surface area contributed by atoms with Crippen molar-refractivity contribution in [3.8, 4) is 0 Å². The van der Waals surface area contributed by atoms with Gasteiger partial charge in [-0.25, -0.2) is 4.98 Å². The molecule has 1 unspecified atom stereocenters. The van der Waals surface area contributed by atoms with Crippen LogP contribution in [0.2, 0.25) is 0 Å². The van der Waals surface area contributed by atoms with Crippen molar-refractivity contribution in [2.24, 2.45) is 5.73 Å². The van der Waals surface area contributed by atoms with E-state index >= 15 is 0 Å². The minimum absolute atomic E-state index is 0.121. The molecule has 112 valence electrons. The minimum Gasteiger partial charge on any atom is -0.327 e. The fraction of sp³-hybridized carbons (Fsp3) is 0.500. The molecule has 2 aromatic rings. The molecule has 2 nitrogen and oxygen atoms in total. The Kier molecular flexibility index (Phi) is 3.66. The lowest BCUT2D eigenvalue weighted by Gasteiger charge is -2.23. The quantitative estimate of drug-likeness (QED) is 0.925. The summed E-state index contributed by atoms with van der Waals surface area (Å²) in [6, 6.07) is 10.9. The molecule has 0 amide bonds. The molecule has 21 heavy (non-hydrogen) atoms. The predicted octanol–water partition coefficient (Wildman–Crippen LogP) is 4.04. The zero-order valence-corrected chi connectivity index (χ0v) is 13.9. The Morgan fingerprint density at radius 3 is 2.43 bits per heavy atom. The van der Waals surface area contributed by atoms with Crippen LogP contribution in [0.1, 0.15) is 49.9 Å². The van der Waals surface area contributed by atoms with Crippen LogP contribution in [-0.2, 0) is 17.3 Å². The van der Waals surface area contributed by atoms with Gasteiger partial charge >= 0.3 is 0 Å². The lowest BCUT2D eigenvalue weighted by Crippen LogP contribution is -2.36. The van der Waals surface area contributed by atoms with Crippen molar-refractivity contribution in [3.05, 3.63) is 52.0 Å². The van der Waals surface area contributed by atoms with E-state index < -0.39 is 0 Å². The molecule has 1 aromatic carbocycles. The number of nitrogens with two attached hydrogens (primary N) is 1. The molecule has 1 heterocycles. The second-order valence-electron chi connectivity index (χ2n) is 7.21. The maximum atomic E-state index is 6.56. The number of thiazole rings is 1. The standard InChI is InChI=1S/C18H24N2S/c1-17(2,3)15-12-21-16(20-15)11-14(19)18(9-10-18)13-7-5-4-6-8-13/h4-8,12,14H,9-11,19H2,1-3H3. The maximum Gasteiger partial charge on any atom is 0.0944 e. The summed E-state index contributed by atoms with van der Waals surface area (Å²) in [6.07, 6.45) is 3.29. The van der Waals surface area contributed by atoms with Gasteiger partial charge in [0.25, 0.3) is 0 Å². The van der Waals surface area contributed by atoms with Crippen LogP contribution in [0.4, 0.5) is 0 Å². The third-order valence-corrected chi connectivity index (χ3v) is 5.43. The third-order valence-electron chi connectivity index (χ3n) is 4.56. The van der Waals surface area contributed by atoms with Crippen LogP contribution in [0.25, 0.3) is 0 Å². The van der Waals surface area contributed by atoms with E-state index in [4.69, 9.17) is 10.7 Å². The number of rotatable bonds is 4. The van der Waals surface area contributed by atoms with Gasteiger partial charge in [0.05, 0.1) is 10.7 Å². The molecule has 0 radical (unpaired) electrons. The monoisotopic (exact) mass is 300 g/mol. The highest BCUT2D eigenvalue weighted by atomic mass is 32.1. The first-order chi connectivity index (χ1) is 9.92. The van der Waals surface area contributed by atoms with Crippen LogP contribution in [0.3, 0.4) is 0 Å². The average molecular weight is 300 g/mol. The summed E-state index contributed by atoms with van der Waals surface area (Å²) in [5.41, 5.74) is 9.45. The third kappa shape index (κ3) is 2.90. The Morgan fingerprint density at radius 1 is 1.24 bits per heavy atom. The topological polar surface area (TPSA) is 38.9 Å². The Bertz CT molecular complexity index is 606. The van der Waals surface area contributed by atoms with E-state index in [0.717, 1.165) is 6.42 Å². The molecule has 1 fully saturated rings. The van der Waals surface area contributed by atoms with Gasteiger partial charge in [0.15, 0.2) is 0 Å². The zero-order chi connectivity index (χ0) is 15.1. The molecule has 0 spiro atoms. The van der Waals surface area contributed by atoms with Crippen LogP contribution >= 0.6 is 11.3 Å². The van der Waals surface area contributed by atoms with Crippen molar-refractivity contribution >= 4 is 11.3 Å². The molecule has 3 rings (SSSR count). The fourth-order valence-electron chi connectivity index (χ4n) is 2.91. The lowest BCUT2D eigenvalue weighted by atomic mass is 9.87. The Labute approximate surface area is 131 Å². The molecule has 0 saturated heterocycles. The van der Waals surface area contributed by atoms with Crippen molar-refractivity contribution in [1.82, 2.24) is 4.98 Å². The van der Waals surface area contributed by atoms with Gasteiger partial charge in [0.1, 0.15) is 0 Å². The molecular formula is C18H24N2S. The smallest absolute Gasteiger partial charge is 0.0944 e. The highest BCUT2D eigenvalue weighted by Crippen LogP contribution is 2.51. The summed E-state index contributed by atoms with van der Waals surface area (Å²) in [4.78, 5) is 4.79. The SMILES string of the molecule is CC(C)(C)c1csc(CC(N)C2(c3ccccc3)CC2)n1. The minimum atomic E-state index is 0.121. The number of benzene rings is 1. The number of hydrogen-bond acceptors (Lipinski definition) is 3. The van der Waals surface area contributed by atoms with E-state index in [0.29, 0.717) is 0 Å². The molecule has 1 saturated carbocycles. The highest BCUT2D eigenvalue weighted by Gasteiger charge is 2.49. The number of hydrogen-bond donors (Lipinski definition) is 1. The number of nitrogens with zero attached hydrogens (tertiary/aromatic N) is 1. The fourth-order valence-corrected chi connectivity index (χ4v) is 3.99. The summed E-state index contributed by atoms with van der Waals surface area (Å²) >= 11 is 1.75. The van der Waals surface area contributed by atoms with Crippen LogP contribution in [0, 0.1) is 0 Å². The molecular weight excluding hydrogens is 276 g/mol. The zero-order valence-electron chi connectivity index (χ0n) is 13.1. The maximum absolute atomic E-state index is 6.56. The summed E-state index contributed by atoms with van der Waals surface area (Å²) in [5, 5.41) is 3.36. The largest absolute Gasteiger partial charge is 0.327 e. The first kappa shape index (κ1) is 14.7. The van der Waals surface area contributed by atoms with E-state index in [-0.39, 0.29) is 16.9 Å². The van der Waals surface area contributed by atoms with Crippen molar-refractivity contribution in [3.63, 3.8) is 0 Å². The molecule has 1 aromatic heterocycles. The number of aromatic nitrogens is 1. The Morgan fingerprint density at radius 2 is 1.90 bits per heavy atom. The van der Waals surface area contributed by atoms with Gasteiger partial charge in [-0.2, -0.15) is 0 Å². The summed E-state index contributed by atoms with van der Waals surface area (Å²) in [6.45, 7) is 6.62. The van der Waals surface area contributed by atoms with Crippen molar-refractivity contribution in [2.75, 3.05) is 0 Å². The van der Waals surface area contributed by atoms with Crippen LogP contribution in [0.15, 0.2) is 35.7 Å². The first-order valence-electron chi connectivity index (χ1n) is 7.68. The van der Waals surface area contributed by atoms with E-state index in [1.54, 1.807) is 11.3 Å². The Hall–Kier alpha value is -1.19. The van der Waals surface area contributed by atoms with E-state index in [1.807, 2.05) is 0 Å². The summed E-state index contributed by atoms with van der Waals surface area (Å²) < 4.78 is 0. The normalized spacial score (nSPS) is 18.5. The van der Waals surface area contributed by atoms with Crippen molar-refractivity contribution in [1.29, 1.82) is 0 Å². The molecule has 2 N–H and O–H groups in total. The van der Waals surface area contributed by atoms with Crippen molar-refractivity contribution in [2.45, 2.75) is 56.9 Å². The molecule has 0 aliphatic heterocycles. The van der Waals surface area contributed by atoms with Crippen LogP contribution in [-0.4, -0.2) is 11.0 Å². The highest BCUT2D eigenvalue weighted by molar-refractivity contribution is 7.09. The average Bonchev–Trinajstić information content (AvgIpc) is 3.13. The first-order valence-corrected chi connectivity index (χ1v) is 8.56. The molecule has 1 atom stereocenters. The van der Waals surface area contributed by atoms with Gasteiger partial charge in [-0.15, -0.1) is 11.3 Å². The lowest BCUT2D eigenvalue weighted by molar-refractivity contribution is 0.509. The van der Waals surface area contributed by atoms with Gasteiger partial charge in [-0.05, 0) is 18.4 Å². The molecule has 3 heteroatoms. The van der Waals surface area contributed by atoms with Gasteiger partial charge in [-0.1, -0.05) is 51.1 Å². The van der Waals surface area contributed by atoms with E-state index in [1.165, 1.54) is 29.1 Å². The summed E-state index contributed by atoms with van der Waals surface area (Å²) in [7, 11) is 0. The molecule has 1 aliphatic carbocycles. The van der Waals surface area contributed by atoms with Crippen LogP contribution in [0.5, 0.6) is 0 Å². The van der Waals surface area contributed by atoms with Crippen molar-refractivity contribution < 1.29 is 0 Å². The van der Waals surface area contributed by atoms with Gasteiger partial charge in [0.2, 0.25) is 0 Å². The van der Waals surface area contributed by atoms with E-state index in [2.05, 4.69) is 56.5 Å². The second kappa shape index (κ2) is 5.22. The molecule has 0 bridgehead atoms. The van der Waals surface area contributed by atoms with Crippen LogP contribution < -0.4 is 5.73 Å². The predicted molar refractivity (Wildman–Crippen MR) is 89.8 cm³/mol.